The van der Waals surface area contributed by atoms with Gasteiger partial charge < -0.3 is 10.6 Å². The second kappa shape index (κ2) is 7.57. The molecule has 0 unspecified atom stereocenters. The van der Waals surface area contributed by atoms with E-state index < -0.39 is 0 Å². The largest absolute Gasteiger partial charge is 0.339 e. The molecule has 0 fully saturated rings. The maximum absolute atomic E-state index is 12.1. The lowest BCUT2D eigenvalue weighted by Gasteiger charge is -2.07. The number of nitrogens with zero attached hydrogens (tertiary/aromatic N) is 2. The number of nitrogens with one attached hydrogen (secondary N) is 2. The van der Waals surface area contributed by atoms with E-state index in [0.29, 0.717) is 18.1 Å². The Balaban J connectivity index is 1.58. The number of hydrogen-bond donors (Lipinski definition) is 2. The van der Waals surface area contributed by atoms with Crippen LogP contribution in [-0.4, -0.2) is 16.1 Å². The van der Waals surface area contributed by atoms with Crippen LogP contribution in [0.5, 0.6) is 0 Å². The predicted molar refractivity (Wildman–Crippen MR) is 100 cm³/mol. The molecule has 0 saturated carbocycles. The number of aryl methyl sites for hydroxylation is 2. The number of hydrogen-bond acceptors (Lipinski definition) is 4. The van der Waals surface area contributed by atoms with Crippen LogP contribution >= 0.6 is 0 Å². The second-order valence-electron chi connectivity index (χ2n) is 6.01. The lowest BCUT2D eigenvalue weighted by atomic mass is 10.1. The molecule has 5 heteroatoms. The molecular weight excluding hydrogens is 312 g/mol. The average molecular weight is 332 g/mol. The van der Waals surface area contributed by atoms with E-state index in [2.05, 4.69) is 20.8 Å². The van der Waals surface area contributed by atoms with Gasteiger partial charge in [-0.3, -0.25) is 4.79 Å². The molecule has 2 aromatic carbocycles. The molecule has 0 spiro atoms. The van der Waals surface area contributed by atoms with Crippen LogP contribution in [0.25, 0.3) is 0 Å². The highest BCUT2D eigenvalue weighted by Crippen LogP contribution is 2.16. The number of aromatic nitrogens is 2. The van der Waals surface area contributed by atoms with E-state index in [1.54, 1.807) is 12.1 Å². The van der Waals surface area contributed by atoms with Gasteiger partial charge in [0.1, 0.15) is 0 Å². The maximum Gasteiger partial charge on any atom is 0.229 e. The average Bonchev–Trinajstić information content (AvgIpc) is 2.59. The van der Waals surface area contributed by atoms with Crippen LogP contribution in [0, 0.1) is 13.8 Å². The van der Waals surface area contributed by atoms with Crippen LogP contribution in [0.3, 0.4) is 0 Å². The minimum absolute atomic E-state index is 0.113. The van der Waals surface area contributed by atoms with Crippen LogP contribution in [0.4, 0.5) is 17.3 Å². The molecule has 3 aromatic rings. The highest BCUT2D eigenvalue weighted by atomic mass is 16.1. The summed E-state index contributed by atoms with van der Waals surface area (Å²) in [7, 11) is 0. The summed E-state index contributed by atoms with van der Waals surface area (Å²) in [5, 5.41) is 14.1. The molecular formula is C20H20N4O. The van der Waals surface area contributed by atoms with Gasteiger partial charge in [-0.15, -0.1) is 10.2 Å². The Kier molecular flexibility index (Phi) is 5.04. The summed E-state index contributed by atoms with van der Waals surface area (Å²) in [4.78, 5) is 12.1. The van der Waals surface area contributed by atoms with Gasteiger partial charge in [0.25, 0.3) is 0 Å². The number of rotatable bonds is 5. The predicted octanol–water partition coefficient (Wildman–Crippen LogP) is 4.02. The second-order valence-corrected chi connectivity index (χ2v) is 6.01. The summed E-state index contributed by atoms with van der Waals surface area (Å²) < 4.78 is 0. The molecule has 0 atom stereocenters. The van der Waals surface area contributed by atoms with Crippen LogP contribution in [-0.2, 0) is 11.2 Å². The van der Waals surface area contributed by atoms with Gasteiger partial charge in [-0.25, -0.2) is 0 Å². The minimum Gasteiger partial charge on any atom is -0.339 e. The van der Waals surface area contributed by atoms with Crippen LogP contribution < -0.4 is 10.6 Å². The molecule has 0 aliphatic rings. The SMILES string of the molecule is Cc1ccc(CC(=O)Nc2ccc(Nc3cccc(C)c3)nn2)cc1. The van der Waals surface area contributed by atoms with Crippen LogP contribution in [0.15, 0.2) is 60.7 Å². The van der Waals surface area contributed by atoms with E-state index in [4.69, 9.17) is 0 Å². The number of benzene rings is 2. The summed E-state index contributed by atoms with van der Waals surface area (Å²) in [6, 6.07) is 19.4. The third kappa shape index (κ3) is 4.88. The van der Waals surface area contributed by atoms with Gasteiger partial charge >= 0.3 is 0 Å². The molecule has 5 nitrogen and oxygen atoms in total. The van der Waals surface area contributed by atoms with Crippen LogP contribution in [0.1, 0.15) is 16.7 Å². The van der Waals surface area contributed by atoms with Crippen molar-refractivity contribution in [3.8, 4) is 0 Å². The first kappa shape index (κ1) is 16.6. The highest BCUT2D eigenvalue weighted by Gasteiger charge is 2.06. The van der Waals surface area contributed by atoms with Gasteiger partial charge in [-0.1, -0.05) is 42.0 Å². The molecule has 3 rings (SSSR count). The Bertz CT molecular complexity index is 858. The summed E-state index contributed by atoms with van der Waals surface area (Å²) in [5.74, 6) is 0.951. The van der Waals surface area contributed by atoms with E-state index in [1.165, 1.54) is 5.56 Å². The van der Waals surface area contributed by atoms with Gasteiger partial charge in [0.05, 0.1) is 6.42 Å². The third-order valence-electron chi connectivity index (χ3n) is 3.71. The number of amides is 1. The summed E-state index contributed by atoms with van der Waals surface area (Å²) in [6.45, 7) is 4.05. The number of carbonyl (C=O) groups is 1. The van der Waals surface area contributed by atoms with Crippen molar-refractivity contribution in [2.75, 3.05) is 10.6 Å². The van der Waals surface area contributed by atoms with Crippen molar-refractivity contribution in [2.45, 2.75) is 20.3 Å². The zero-order chi connectivity index (χ0) is 17.6. The molecule has 0 aliphatic carbocycles. The van der Waals surface area contributed by atoms with Crippen molar-refractivity contribution >= 4 is 23.2 Å². The molecule has 2 N–H and O–H groups in total. The molecule has 1 amide bonds. The Hall–Kier alpha value is -3.21. The Morgan fingerprint density at radius 2 is 1.60 bits per heavy atom. The quantitative estimate of drug-likeness (QED) is 0.740. The van der Waals surface area contributed by atoms with E-state index in [9.17, 15) is 4.79 Å². The normalized spacial score (nSPS) is 10.3. The fourth-order valence-corrected chi connectivity index (χ4v) is 2.41. The minimum atomic E-state index is -0.113. The molecule has 126 valence electrons. The van der Waals surface area contributed by atoms with E-state index >= 15 is 0 Å². The Morgan fingerprint density at radius 3 is 2.28 bits per heavy atom. The standard InChI is InChI=1S/C20H20N4O/c1-14-6-8-16(9-7-14)13-20(25)22-19-11-10-18(23-24-19)21-17-5-3-4-15(2)12-17/h3-12H,13H2,1-2H3,(H,21,23)(H,22,24,25). The van der Waals surface area contributed by atoms with Crippen molar-refractivity contribution in [3.05, 3.63) is 77.4 Å². The molecule has 0 saturated heterocycles. The third-order valence-corrected chi connectivity index (χ3v) is 3.71. The smallest absolute Gasteiger partial charge is 0.229 e. The molecule has 0 aliphatic heterocycles. The van der Waals surface area contributed by atoms with Crippen molar-refractivity contribution in [2.24, 2.45) is 0 Å². The van der Waals surface area contributed by atoms with Gasteiger partial charge in [-0.2, -0.15) is 0 Å². The molecule has 1 aromatic heterocycles. The fraction of sp³-hybridized carbons (Fsp3) is 0.150. The highest BCUT2D eigenvalue weighted by molar-refractivity contribution is 5.91. The lowest BCUT2D eigenvalue weighted by Crippen LogP contribution is -2.15. The van der Waals surface area contributed by atoms with Crippen molar-refractivity contribution in [3.63, 3.8) is 0 Å². The van der Waals surface area contributed by atoms with E-state index in [1.807, 2.05) is 62.4 Å². The topological polar surface area (TPSA) is 66.9 Å². The summed E-state index contributed by atoms with van der Waals surface area (Å²) >= 11 is 0. The van der Waals surface area contributed by atoms with Gasteiger partial charge in [0.2, 0.25) is 5.91 Å². The molecule has 1 heterocycles. The lowest BCUT2D eigenvalue weighted by molar-refractivity contribution is -0.115. The Morgan fingerprint density at radius 1 is 0.880 bits per heavy atom. The first-order valence-electron chi connectivity index (χ1n) is 8.11. The summed E-state index contributed by atoms with van der Waals surface area (Å²) in [6.07, 6.45) is 0.311. The van der Waals surface area contributed by atoms with Crippen molar-refractivity contribution < 1.29 is 4.79 Å². The maximum atomic E-state index is 12.1. The summed E-state index contributed by atoms with van der Waals surface area (Å²) in [5.41, 5.74) is 4.25. The van der Waals surface area contributed by atoms with Crippen LogP contribution in [0.2, 0.25) is 0 Å². The first-order valence-corrected chi connectivity index (χ1v) is 8.11. The van der Waals surface area contributed by atoms with Crippen molar-refractivity contribution in [1.29, 1.82) is 0 Å². The fourth-order valence-electron chi connectivity index (χ4n) is 2.41. The zero-order valence-electron chi connectivity index (χ0n) is 14.3. The van der Waals surface area contributed by atoms with E-state index in [0.717, 1.165) is 16.8 Å². The van der Waals surface area contributed by atoms with Gasteiger partial charge in [-0.05, 0) is 49.2 Å². The molecule has 25 heavy (non-hydrogen) atoms. The zero-order valence-corrected chi connectivity index (χ0v) is 14.3. The number of carbonyl (C=O) groups excluding carboxylic acids is 1. The Labute approximate surface area is 147 Å². The number of anilines is 3. The van der Waals surface area contributed by atoms with Gasteiger partial charge in [0, 0.05) is 5.69 Å². The monoisotopic (exact) mass is 332 g/mol. The van der Waals surface area contributed by atoms with E-state index in [-0.39, 0.29) is 5.91 Å². The first-order chi connectivity index (χ1) is 12.1. The molecule has 0 radical (unpaired) electrons. The molecule has 0 bridgehead atoms. The van der Waals surface area contributed by atoms with Gasteiger partial charge in [0.15, 0.2) is 11.6 Å². The van der Waals surface area contributed by atoms with Crippen molar-refractivity contribution in [1.82, 2.24) is 10.2 Å².